The first-order valence-electron chi connectivity index (χ1n) is 7.16. The number of rotatable bonds is 7. The van der Waals surface area contributed by atoms with Gasteiger partial charge in [0.2, 0.25) is 0 Å². The van der Waals surface area contributed by atoms with Crippen molar-refractivity contribution >= 4 is 0 Å². The van der Waals surface area contributed by atoms with Gasteiger partial charge in [-0.2, -0.15) is 0 Å². The van der Waals surface area contributed by atoms with E-state index in [1.54, 1.807) is 0 Å². The van der Waals surface area contributed by atoms with E-state index in [-0.39, 0.29) is 0 Å². The van der Waals surface area contributed by atoms with Crippen molar-refractivity contribution in [2.75, 3.05) is 19.7 Å². The topological polar surface area (TPSA) is 32.3 Å². The van der Waals surface area contributed by atoms with Gasteiger partial charge < -0.3 is 10.4 Å². The molecule has 2 atom stereocenters. The summed E-state index contributed by atoms with van der Waals surface area (Å²) in [6.07, 6.45) is 10.9. The fourth-order valence-corrected chi connectivity index (χ4v) is 2.82. The van der Waals surface area contributed by atoms with Crippen molar-refractivity contribution in [3.63, 3.8) is 0 Å². The molecule has 1 aliphatic rings. The average Bonchev–Trinajstić information content (AvgIpc) is 2.49. The van der Waals surface area contributed by atoms with Crippen LogP contribution in [0.4, 0.5) is 0 Å². The van der Waals surface area contributed by atoms with Crippen molar-refractivity contribution in [1.82, 2.24) is 5.32 Å². The third kappa shape index (κ3) is 5.86. The molecular formula is C14H29NO. The summed E-state index contributed by atoms with van der Waals surface area (Å²) < 4.78 is 0. The highest BCUT2D eigenvalue weighted by Gasteiger charge is 2.18. The summed E-state index contributed by atoms with van der Waals surface area (Å²) in [5.74, 6) is 1.92. The second-order valence-electron chi connectivity index (χ2n) is 5.34. The Morgan fingerprint density at radius 2 is 1.81 bits per heavy atom. The van der Waals surface area contributed by atoms with E-state index in [0.29, 0.717) is 6.61 Å². The molecule has 1 fully saturated rings. The molecule has 0 bridgehead atoms. The van der Waals surface area contributed by atoms with Crippen molar-refractivity contribution in [3.05, 3.63) is 0 Å². The third-order valence-corrected chi connectivity index (χ3v) is 3.98. The minimum absolute atomic E-state index is 0.312. The van der Waals surface area contributed by atoms with Crippen molar-refractivity contribution in [2.45, 2.75) is 58.3 Å². The lowest BCUT2D eigenvalue weighted by Crippen LogP contribution is -2.19. The van der Waals surface area contributed by atoms with Gasteiger partial charge in [-0.3, -0.25) is 0 Å². The van der Waals surface area contributed by atoms with E-state index in [1.165, 1.54) is 44.9 Å². The Morgan fingerprint density at radius 1 is 1.06 bits per heavy atom. The molecule has 0 spiro atoms. The van der Waals surface area contributed by atoms with Gasteiger partial charge in [-0.25, -0.2) is 0 Å². The van der Waals surface area contributed by atoms with Crippen LogP contribution in [0.3, 0.4) is 0 Å². The molecule has 0 aliphatic heterocycles. The molecule has 2 nitrogen and oxygen atoms in total. The van der Waals surface area contributed by atoms with Gasteiger partial charge in [0.15, 0.2) is 0 Å². The normalized spacial score (nSPS) is 26.6. The van der Waals surface area contributed by atoms with Crippen molar-refractivity contribution < 1.29 is 5.11 Å². The second-order valence-corrected chi connectivity index (χ2v) is 5.34. The molecule has 2 unspecified atom stereocenters. The van der Waals surface area contributed by atoms with Crippen LogP contribution in [0.15, 0.2) is 0 Å². The fraction of sp³-hybridized carbons (Fsp3) is 1.00. The highest BCUT2D eigenvalue weighted by atomic mass is 16.3. The largest absolute Gasteiger partial charge is 0.396 e. The van der Waals surface area contributed by atoms with Gasteiger partial charge in [-0.1, -0.05) is 39.0 Å². The van der Waals surface area contributed by atoms with Gasteiger partial charge in [0.1, 0.15) is 0 Å². The van der Waals surface area contributed by atoms with Gasteiger partial charge in [0, 0.05) is 6.61 Å². The summed E-state index contributed by atoms with van der Waals surface area (Å²) in [6.45, 7) is 4.85. The summed E-state index contributed by atoms with van der Waals surface area (Å²) in [4.78, 5) is 0. The predicted molar refractivity (Wildman–Crippen MR) is 69.5 cm³/mol. The van der Waals surface area contributed by atoms with Gasteiger partial charge in [0.05, 0.1) is 0 Å². The van der Waals surface area contributed by atoms with Crippen molar-refractivity contribution in [3.8, 4) is 0 Å². The highest BCUT2D eigenvalue weighted by Crippen LogP contribution is 2.31. The average molecular weight is 227 g/mol. The molecule has 1 aliphatic carbocycles. The molecule has 0 radical (unpaired) electrons. The number of aliphatic hydroxyl groups excluding tert-OH is 1. The molecule has 0 amide bonds. The number of nitrogens with one attached hydrogen (secondary N) is 1. The molecule has 96 valence electrons. The first-order chi connectivity index (χ1) is 7.84. The van der Waals surface area contributed by atoms with Crippen LogP contribution < -0.4 is 5.32 Å². The summed E-state index contributed by atoms with van der Waals surface area (Å²) in [5.41, 5.74) is 0. The van der Waals surface area contributed by atoms with E-state index in [4.69, 9.17) is 5.11 Å². The first-order valence-corrected chi connectivity index (χ1v) is 7.16. The van der Waals surface area contributed by atoms with E-state index >= 15 is 0 Å². The summed E-state index contributed by atoms with van der Waals surface area (Å²) in [7, 11) is 0. The Morgan fingerprint density at radius 3 is 2.62 bits per heavy atom. The van der Waals surface area contributed by atoms with Gasteiger partial charge in [-0.15, -0.1) is 0 Å². The summed E-state index contributed by atoms with van der Waals surface area (Å²) in [5, 5.41) is 12.0. The number of hydrogen-bond acceptors (Lipinski definition) is 2. The molecule has 0 aromatic carbocycles. The second kappa shape index (κ2) is 9.00. The minimum atomic E-state index is 0.312. The molecule has 1 saturated carbocycles. The maximum absolute atomic E-state index is 8.65. The Balaban J connectivity index is 2.01. The molecule has 2 heteroatoms. The van der Waals surface area contributed by atoms with Crippen LogP contribution in [0.1, 0.15) is 58.3 Å². The summed E-state index contributed by atoms with van der Waals surface area (Å²) in [6, 6.07) is 0. The van der Waals surface area contributed by atoms with E-state index in [1.807, 2.05) is 0 Å². The molecule has 16 heavy (non-hydrogen) atoms. The summed E-state index contributed by atoms with van der Waals surface area (Å²) >= 11 is 0. The first kappa shape index (κ1) is 14.0. The monoisotopic (exact) mass is 227 g/mol. The van der Waals surface area contributed by atoms with Crippen LogP contribution in [0.25, 0.3) is 0 Å². The predicted octanol–water partition coefficient (Wildman–Crippen LogP) is 2.96. The molecule has 0 aromatic heterocycles. The van der Waals surface area contributed by atoms with Crippen LogP contribution in [0.2, 0.25) is 0 Å². The van der Waals surface area contributed by atoms with Gasteiger partial charge in [0.25, 0.3) is 0 Å². The van der Waals surface area contributed by atoms with E-state index in [9.17, 15) is 0 Å². The standard InChI is InChI=1S/C14H29NO/c1-13-7-3-2-4-8-14(13)9-5-10-15-11-6-12-16/h13-16H,2-12H2,1H3. The minimum Gasteiger partial charge on any atom is -0.396 e. The van der Waals surface area contributed by atoms with Crippen molar-refractivity contribution in [2.24, 2.45) is 11.8 Å². The smallest absolute Gasteiger partial charge is 0.0443 e. The van der Waals surface area contributed by atoms with Crippen LogP contribution in [-0.4, -0.2) is 24.8 Å². The molecular weight excluding hydrogens is 198 g/mol. The van der Waals surface area contributed by atoms with Gasteiger partial charge >= 0.3 is 0 Å². The molecule has 1 rings (SSSR count). The Labute approximate surface area is 101 Å². The molecule has 0 aromatic rings. The SMILES string of the molecule is CC1CCCCCC1CCCNCCCO. The van der Waals surface area contributed by atoms with Crippen LogP contribution in [-0.2, 0) is 0 Å². The number of hydrogen-bond donors (Lipinski definition) is 2. The molecule has 0 heterocycles. The lowest BCUT2D eigenvalue weighted by atomic mass is 9.86. The maximum Gasteiger partial charge on any atom is 0.0443 e. The zero-order valence-corrected chi connectivity index (χ0v) is 10.9. The zero-order chi connectivity index (χ0) is 11.6. The van der Waals surface area contributed by atoms with Crippen molar-refractivity contribution in [1.29, 1.82) is 0 Å². The van der Waals surface area contributed by atoms with Crippen LogP contribution >= 0.6 is 0 Å². The molecule has 0 saturated heterocycles. The van der Waals surface area contributed by atoms with E-state index in [2.05, 4.69) is 12.2 Å². The van der Waals surface area contributed by atoms with E-state index in [0.717, 1.165) is 31.3 Å². The lowest BCUT2D eigenvalue weighted by Gasteiger charge is -2.21. The Kier molecular flexibility index (Phi) is 7.87. The maximum atomic E-state index is 8.65. The molecule has 2 N–H and O–H groups in total. The zero-order valence-electron chi connectivity index (χ0n) is 10.9. The fourth-order valence-electron chi connectivity index (χ4n) is 2.82. The Hall–Kier alpha value is -0.0800. The van der Waals surface area contributed by atoms with Crippen LogP contribution in [0.5, 0.6) is 0 Å². The van der Waals surface area contributed by atoms with Crippen LogP contribution in [0, 0.1) is 11.8 Å². The lowest BCUT2D eigenvalue weighted by molar-refractivity contribution is 0.283. The highest BCUT2D eigenvalue weighted by molar-refractivity contribution is 4.71. The third-order valence-electron chi connectivity index (χ3n) is 3.98. The number of aliphatic hydroxyl groups is 1. The van der Waals surface area contributed by atoms with Gasteiger partial charge in [-0.05, 0) is 44.2 Å². The Bertz CT molecular complexity index is 161. The van der Waals surface area contributed by atoms with E-state index < -0.39 is 0 Å². The quantitative estimate of drug-likeness (QED) is 0.518.